The zero-order chi connectivity index (χ0) is 55.2. The molecule has 6 rings (SSSR count). The summed E-state index contributed by atoms with van der Waals surface area (Å²) >= 11 is 12.1. The van der Waals surface area contributed by atoms with Crippen molar-refractivity contribution in [3.8, 4) is 6.07 Å². The monoisotopic (exact) mass is 1090 g/mol. The van der Waals surface area contributed by atoms with E-state index in [4.69, 9.17) is 46.8 Å². The van der Waals surface area contributed by atoms with Crippen LogP contribution in [-0.2, 0) is 41.5 Å². The van der Waals surface area contributed by atoms with E-state index >= 15 is 0 Å². The van der Waals surface area contributed by atoms with Gasteiger partial charge in [-0.05, 0) is 134 Å². The van der Waals surface area contributed by atoms with E-state index in [0.29, 0.717) is 79.9 Å². The molecular weight excluding hydrogens is 1020 g/mol. The van der Waals surface area contributed by atoms with Gasteiger partial charge in [0.1, 0.15) is 18.2 Å². The number of aliphatic hydroxyl groups excluding tert-OH is 1. The lowest BCUT2D eigenvalue weighted by Crippen LogP contribution is -2.57. The number of oxazole rings is 2. The second kappa shape index (κ2) is 27.4. The number of benzene rings is 2. The summed E-state index contributed by atoms with van der Waals surface area (Å²) in [7, 11) is 0. The minimum Gasteiger partial charge on any atom is -0.447 e. The maximum absolute atomic E-state index is 13.4. The van der Waals surface area contributed by atoms with Crippen molar-refractivity contribution in [2.24, 2.45) is 0 Å². The Balaban J connectivity index is 0.000000304. The van der Waals surface area contributed by atoms with Gasteiger partial charge in [-0.3, -0.25) is 0 Å². The summed E-state index contributed by atoms with van der Waals surface area (Å²) in [5, 5.41) is 16.8. The summed E-state index contributed by atoms with van der Waals surface area (Å²) in [5.41, 5.74) is 0.105. The van der Waals surface area contributed by atoms with Gasteiger partial charge in [-0.25, -0.2) is 9.59 Å². The predicted octanol–water partition coefficient (Wildman–Crippen LogP) is 14.2. The number of alkyl halides is 6. The highest BCUT2D eigenvalue weighted by Crippen LogP contribution is 2.39. The first-order valence-electron chi connectivity index (χ1n) is 24.8. The second-order valence-corrected chi connectivity index (χ2v) is 19.8. The molecule has 4 aromatic rings. The van der Waals surface area contributed by atoms with Crippen molar-refractivity contribution in [2.45, 2.75) is 201 Å². The van der Waals surface area contributed by atoms with E-state index in [1.165, 1.54) is 31.6 Å². The molecule has 0 radical (unpaired) electrons. The summed E-state index contributed by atoms with van der Waals surface area (Å²) < 4.78 is 103. The summed E-state index contributed by atoms with van der Waals surface area (Å²) in [6, 6.07) is 8.53. The van der Waals surface area contributed by atoms with Gasteiger partial charge in [-0.2, -0.15) is 41.6 Å². The minimum absolute atomic E-state index is 0.0162. The van der Waals surface area contributed by atoms with Crippen LogP contribution in [0.25, 0.3) is 0 Å². The number of nitrogens with zero attached hydrogens (tertiary/aromatic N) is 7. The van der Waals surface area contributed by atoms with Crippen molar-refractivity contribution >= 4 is 47.4 Å². The SMILES string of the molecule is CC#N.CC[C@@H]1CC(N(Cc2cc(Cl)cc(C(F)(F)F)c2)c2nc(C)co2)C[C@H](CC)N1C(=O)OC(C)C.CC[C@@H]1CC(N(Cc2cc(Cl)cc(C(F)(F)F)c2)c2nc(CO)co2)C[C@H](CC)N1C(=O)OC(C)C. The third kappa shape index (κ3) is 16.8. The molecule has 2 aromatic heterocycles. The average molecular weight is 1090 g/mol. The van der Waals surface area contributed by atoms with E-state index in [9.17, 15) is 41.0 Å². The molecular formula is C52H69Cl2F6N7O7. The molecule has 2 unspecified atom stereocenters. The summed E-state index contributed by atoms with van der Waals surface area (Å²) in [4.78, 5) is 41.9. The fourth-order valence-electron chi connectivity index (χ4n) is 9.47. The molecule has 0 bridgehead atoms. The maximum atomic E-state index is 13.4. The second-order valence-electron chi connectivity index (χ2n) is 18.9. The van der Waals surface area contributed by atoms with Crippen LogP contribution in [0.15, 0.2) is 57.8 Å². The van der Waals surface area contributed by atoms with Crippen LogP contribution < -0.4 is 9.80 Å². The van der Waals surface area contributed by atoms with Gasteiger partial charge in [-0.1, -0.05) is 50.9 Å². The number of aromatic nitrogens is 2. The number of hydrogen-bond acceptors (Lipinski definition) is 12. The molecule has 14 nitrogen and oxygen atoms in total. The lowest BCUT2D eigenvalue weighted by Gasteiger charge is -2.47. The van der Waals surface area contributed by atoms with Crippen LogP contribution in [0.3, 0.4) is 0 Å². The Bertz CT molecular complexity index is 2440. The highest BCUT2D eigenvalue weighted by Gasteiger charge is 2.43. The molecule has 2 aliphatic rings. The third-order valence-corrected chi connectivity index (χ3v) is 13.1. The van der Waals surface area contributed by atoms with Crippen LogP contribution in [-0.4, -0.2) is 85.5 Å². The lowest BCUT2D eigenvalue weighted by molar-refractivity contribution is -0.138. The van der Waals surface area contributed by atoms with Crippen molar-refractivity contribution in [2.75, 3.05) is 9.80 Å². The molecule has 0 aliphatic carbocycles. The van der Waals surface area contributed by atoms with Crippen LogP contribution in [0.4, 0.5) is 48.0 Å². The summed E-state index contributed by atoms with van der Waals surface area (Å²) in [6.45, 7) is 18.3. The fourth-order valence-corrected chi connectivity index (χ4v) is 9.98. The number of rotatable bonds is 15. The Morgan fingerprint density at radius 2 is 1.05 bits per heavy atom. The normalized spacial score (nSPS) is 20.0. The topological polar surface area (TPSA) is 162 Å². The smallest absolute Gasteiger partial charge is 0.416 e. The molecule has 6 atom stereocenters. The standard InChI is InChI=1S/C25H33ClF3N3O4.C25H33ClF3N3O3.C2H3N/c1-5-20-10-22(11-21(6-2)32(20)24(34)36-15(3)4)31(23-30-19(13-33)14-35-23)12-16-7-17(25(27,28)29)9-18(26)8-16;1-6-20-11-22(12-21(7-2)32(20)24(33)35-15(3)4)31(23-30-16(5)14-34-23)13-17-8-18(25(27,28)29)10-19(26)9-17;1-2-3/h7-9,14-15,20-22,33H,5-6,10-13H2,1-4H3;8-10,14-15,20-22H,6-7,11-13H2,1-5H3;1H3/t2*20-,21+,22?;. The fraction of sp³-hybridized carbons (Fsp3) is 0.596. The van der Waals surface area contributed by atoms with E-state index in [1.54, 1.807) is 36.6 Å². The van der Waals surface area contributed by atoms with Gasteiger partial charge in [0.05, 0.1) is 41.7 Å². The Labute approximate surface area is 439 Å². The lowest BCUT2D eigenvalue weighted by atomic mass is 9.88. The van der Waals surface area contributed by atoms with Crippen LogP contribution in [0.2, 0.25) is 10.0 Å². The highest BCUT2D eigenvalue weighted by atomic mass is 35.5. The molecule has 0 saturated carbocycles. The summed E-state index contributed by atoms with van der Waals surface area (Å²) in [5.74, 6) is 0. The number of carbonyl (C=O) groups excluding carboxylic acids is 2. The van der Waals surface area contributed by atoms with Crippen molar-refractivity contribution in [1.29, 1.82) is 5.26 Å². The highest BCUT2D eigenvalue weighted by molar-refractivity contribution is 6.31. The Morgan fingerprint density at radius 1 is 0.703 bits per heavy atom. The maximum Gasteiger partial charge on any atom is 0.416 e. The predicted molar refractivity (Wildman–Crippen MR) is 269 cm³/mol. The quantitative estimate of drug-likeness (QED) is 0.112. The van der Waals surface area contributed by atoms with E-state index in [1.807, 2.05) is 51.3 Å². The molecule has 1 N–H and O–H groups in total. The molecule has 0 spiro atoms. The first kappa shape index (κ1) is 61.2. The van der Waals surface area contributed by atoms with Gasteiger partial charge in [0.15, 0.2) is 0 Å². The van der Waals surface area contributed by atoms with Crippen molar-refractivity contribution < 1.29 is 59.3 Å². The van der Waals surface area contributed by atoms with Gasteiger partial charge in [0.25, 0.3) is 12.0 Å². The van der Waals surface area contributed by atoms with Gasteiger partial charge in [0, 0.05) is 66.3 Å². The van der Waals surface area contributed by atoms with E-state index < -0.39 is 23.5 Å². The number of likely N-dealkylation sites (tertiary alicyclic amines) is 2. The molecule has 2 fully saturated rings. The Hall–Kier alpha value is -5.39. The Morgan fingerprint density at radius 3 is 1.34 bits per heavy atom. The number of nitriles is 1. The van der Waals surface area contributed by atoms with Gasteiger partial charge >= 0.3 is 24.5 Å². The number of hydrogen-bond donors (Lipinski definition) is 1. The number of aliphatic hydroxyl groups is 1. The van der Waals surface area contributed by atoms with Crippen LogP contribution in [0.5, 0.6) is 0 Å². The zero-order valence-corrected chi connectivity index (χ0v) is 45.1. The molecule has 74 heavy (non-hydrogen) atoms. The molecule has 2 aromatic carbocycles. The average Bonchev–Trinajstić information content (AvgIpc) is 3.99. The van der Waals surface area contributed by atoms with E-state index in [-0.39, 0.29) is 96.4 Å². The Kier molecular flexibility index (Phi) is 22.7. The number of ether oxygens (including phenoxy) is 2. The van der Waals surface area contributed by atoms with Gasteiger partial charge < -0.3 is 43.0 Å². The minimum atomic E-state index is -4.54. The van der Waals surface area contributed by atoms with E-state index in [2.05, 4.69) is 9.97 Å². The van der Waals surface area contributed by atoms with Crippen LogP contribution in [0.1, 0.15) is 147 Å². The zero-order valence-electron chi connectivity index (χ0n) is 43.6. The van der Waals surface area contributed by atoms with Crippen molar-refractivity contribution in [3.05, 3.63) is 92.6 Å². The molecule has 4 heterocycles. The summed E-state index contributed by atoms with van der Waals surface area (Å²) in [6.07, 6.45) is -2.29. The van der Waals surface area contributed by atoms with Crippen molar-refractivity contribution in [3.63, 3.8) is 0 Å². The molecule has 22 heteroatoms. The molecule has 2 saturated heterocycles. The van der Waals surface area contributed by atoms with Crippen molar-refractivity contribution in [1.82, 2.24) is 19.8 Å². The number of anilines is 2. The first-order valence-corrected chi connectivity index (χ1v) is 25.6. The molecule has 2 aliphatic heterocycles. The van der Waals surface area contributed by atoms with Gasteiger partial charge in [0.2, 0.25) is 0 Å². The van der Waals surface area contributed by atoms with Gasteiger partial charge in [-0.15, -0.1) is 0 Å². The number of amides is 2. The molecule has 2 amide bonds. The number of halogens is 8. The third-order valence-electron chi connectivity index (χ3n) is 12.7. The molecule has 410 valence electrons. The number of carbonyl (C=O) groups is 2. The van der Waals surface area contributed by atoms with Crippen LogP contribution in [0, 0.1) is 18.3 Å². The van der Waals surface area contributed by atoms with E-state index in [0.717, 1.165) is 24.3 Å². The number of piperidine rings is 2. The first-order chi connectivity index (χ1) is 34.8. The number of aryl methyl sites for hydroxylation is 1. The van der Waals surface area contributed by atoms with Crippen LogP contribution >= 0.6 is 23.2 Å². The largest absolute Gasteiger partial charge is 0.447 e.